The lowest BCUT2D eigenvalue weighted by Gasteiger charge is -2.26. The number of ether oxygens (including phenoxy) is 1. The van der Waals surface area contributed by atoms with E-state index in [0.29, 0.717) is 16.4 Å². The van der Waals surface area contributed by atoms with E-state index < -0.39 is 0 Å². The first-order valence-corrected chi connectivity index (χ1v) is 11.8. The van der Waals surface area contributed by atoms with E-state index in [0.717, 1.165) is 27.2 Å². The number of esters is 1. The topological polar surface area (TPSA) is 67.6 Å². The Morgan fingerprint density at radius 2 is 1.82 bits per heavy atom. The number of nitrogens with one attached hydrogen (secondary N) is 1. The van der Waals surface area contributed by atoms with Crippen LogP contribution in [0.25, 0.3) is 11.3 Å². The monoisotopic (exact) mass is 533 g/mol. The summed E-state index contributed by atoms with van der Waals surface area (Å²) in [6.07, 6.45) is 1.77. The van der Waals surface area contributed by atoms with Gasteiger partial charge in [0.1, 0.15) is 17.6 Å². The standard InChI is InChI=1S/C26H20BrN3O3S/c1-32-25(31)17-7-5-16(6-8-17)21-13-14-22(33-21)24-23(20-4-2-3-15-28-20)29-26(34)30(24)19-11-9-18(27)10-12-19/h2-15,23-24H,1H3,(H,29,34)/t23-,24+/m1/s1. The number of benzene rings is 2. The minimum Gasteiger partial charge on any atom is -0.465 e. The van der Waals surface area contributed by atoms with E-state index in [1.807, 2.05) is 66.7 Å². The van der Waals surface area contributed by atoms with Crippen LogP contribution in [0.4, 0.5) is 5.69 Å². The molecule has 34 heavy (non-hydrogen) atoms. The molecule has 0 aliphatic carbocycles. The highest BCUT2D eigenvalue weighted by Crippen LogP contribution is 2.43. The third kappa shape index (κ3) is 4.22. The van der Waals surface area contributed by atoms with E-state index in [4.69, 9.17) is 21.4 Å². The number of halogens is 1. The number of thiocarbonyl (C=S) groups is 1. The Morgan fingerprint density at radius 3 is 2.50 bits per heavy atom. The molecule has 1 N–H and O–H groups in total. The number of rotatable bonds is 5. The van der Waals surface area contributed by atoms with Crippen molar-refractivity contribution in [3.8, 4) is 11.3 Å². The number of carbonyl (C=O) groups is 1. The second-order valence-electron chi connectivity index (χ2n) is 7.74. The molecule has 8 heteroatoms. The third-order valence-electron chi connectivity index (χ3n) is 5.71. The number of hydrogen-bond donors (Lipinski definition) is 1. The molecule has 1 fully saturated rings. The Balaban J connectivity index is 1.54. The summed E-state index contributed by atoms with van der Waals surface area (Å²) >= 11 is 9.25. The molecule has 6 nitrogen and oxygen atoms in total. The van der Waals surface area contributed by atoms with Gasteiger partial charge in [0.15, 0.2) is 5.11 Å². The van der Waals surface area contributed by atoms with E-state index in [9.17, 15) is 4.79 Å². The first-order chi connectivity index (χ1) is 16.5. The van der Waals surface area contributed by atoms with Crippen LogP contribution >= 0.6 is 28.1 Å². The Kier molecular flexibility index (Phi) is 6.17. The van der Waals surface area contributed by atoms with E-state index >= 15 is 0 Å². The number of pyridine rings is 1. The van der Waals surface area contributed by atoms with Crippen molar-refractivity contribution >= 4 is 44.9 Å². The molecular formula is C26H20BrN3O3S. The third-order valence-corrected chi connectivity index (χ3v) is 6.55. The van der Waals surface area contributed by atoms with Crippen LogP contribution in [0.3, 0.4) is 0 Å². The fourth-order valence-electron chi connectivity index (χ4n) is 4.08. The quantitative estimate of drug-likeness (QED) is 0.246. The number of aromatic nitrogens is 1. The van der Waals surface area contributed by atoms with E-state index in [2.05, 4.69) is 31.1 Å². The molecule has 3 heterocycles. The zero-order valence-electron chi connectivity index (χ0n) is 18.1. The summed E-state index contributed by atoms with van der Waals surface area (Å²) in [5.74, 6) is 1.07. The molecular weight excluding hydrogens is 514 g/mol. The maximum absolute atomic E-state index is 11.8. The maximum Gasteiger partial charge on any atom is 0.337 e. The van der Waals surface area contributed by atoms with Crippen molar-refractivity contribution in [2.75, 3.05) is 12.0 Å². The van der Waals surface area contributed by atoms with Crippen molar-refractivity contribution in [3.05, 3.63) is 107 Å². The van der Waals surface area contributed by atoms with Crippen LogP contribution in [-0.4, -0.2) is 23.2 Å². The van der Waals surface area contributed by atoms with E-state index in [1.54, 1.807) is 18.3 Å². The first-order valence-electron chi connectivity index (χ1n) is 10.6. The van der Waals surface area contributed by atoms with E-state index in [-0.39, 0.29) is 18.1 Å². The van der Waals surface area contributed by atoms with Gasteiger partial charge in [-0.25, -0.2) is 4.79 Å². The van der Waals surface area contributed by atoms with Gasteiger partial charge in [-0.1, -0.05) is 34.1 Å². The van der Waals surface area contributed by atoms with Gasteiger partial charge in [-0.2, -0.15) is 0 Å². The van der Waals surface area contributed by atoms with Crippen molar-refractivity contribution in [3.63, 3.8) is 0 Å². The van der Waals surface area contributed by atoms with Crippen molar-refractivity contribution < 1.29 is 13.9 Å². The fourth-order valence-corrected chi connectivity index (χ4v) is 4.69. The molecule has 2 atom stereocenters. The number of hydrogen-bond acceptors (Lipinski definition) is 5. The molecule has 0 unspecified atom stereocenters. The van der Waals surface area contributed by atoms with Crippen LogP contribution in [0.1, 0.15) is 33.9 Å². The highest BCUT2D eigenvalue weighted by atomic mass is 79.9. The van der Waals surface area contributed by atoms with Gasteiger partial charge >= 0.3 is 5.97 Å². The van der Waals surface area contributed by atoms with Crippen LogP contribution in [0.2, 0.25) is 0 Å². The predicted octanol–water partition coefficient (Wildman–Crippen LogP) is 6.07. The van der Waals surface area contributed by atoms with Gasteiger partial charge in [-0.3, -0.25) is 4.98 Å². The zero-order valence-corrected chi connectivity index (χ0v) is 20.5. The molecule has 0 radical (unpaired) electrons. The average Bonchev–Trinajstić information content (AvgIpc) is 3.49. The molecule has 1 saturated heterocycles. The molecule has 2 aromatic heterocycles. The highest BCUT2D eigenvalue weighted by Gasteiger charge is 2.42. The summed E-state index contributed by atoms with van der Waals surface area (Å²) < 4.78 is 12.1. The van der Waals surface area contributed by atoms with Crippen LogP contribution in [0, 0.1) is 0 Å². The number of furan rings is 1. The predicted molar refractivity (Wildman–Crippen MR) is 138 cm³/mol. The lowest BCUT2D eigenvalue weighted by atomic mass is 10.0. The van der Waals surface area contributed by atoms with Gasteiger partial charge in [0.05, 0.1) is 24.4 Å². The summed E-state index contributed by atoms with van der Waals surface area (Å²) in [6.45, 7) is 0. The SMILES string of the molecule is COC(=O)c1ccc(-c2ccc([C@H]3[C@@H](c4ccccn4)NC(=S)N3c3ccc(Br)cc3)o2)cc1. The number of nitrogens with zero attached hydrogens (tertiary/aromatic N) is 2. The van der Waals surface area contributed by atoms with Crippen molar-refractivity contribution in [2.45, 2.75) is 12.1 Å². The molecule has 4 aromatic rings. The van der Waals surface area contributed by atoms with Crippen LogP contribution in [0.15, 0.2) is 93.9 Å². The van der Waals surface area contributed by atoms with Gasteiger partial charge in [0, 0.05) is 21.9 Å². The van der Waals surface area contributed by atoms with Crippen LogP contribution in [0.5, 0.6) is 0 Å². The number of carbonyl (C=O) groups excluding carboxylic acids is 1. The Hall–Kier alpha value is -3.49. The smallest absolute Gasteiger partial charge is 0.337 e. The first kappa shape index (κ1) is 22.3. The summed E-state index contributed by atoms with van der Waals surface area (Å²) in [7, 11) is 1.37. The molecule has 0 saturated carbocycles. The Labute approximate surface area is 210 Å². The molecule has 5 rings (SSSR count). The molecule has 170 valence electrons. The molecule has 2 aromatic carbocycles. The van der Waals surface area contributed by atoms with Crippen molar-refractivity contribution in [2.24, 2.45) is 0 Å². The van der Waals surface area contributed by atoms with Gasteiger partial charge in [0.2, 0.25) is 0 Å². The summed E-state index contributed by atoms with van der Waals surface area (Å²) in [5.41, 5.74) is 3.16. The van der Waals surface area contributed by atoms with Gasteiger partial charge in [-0.15, -0.1) is 0 Å². The van der Waals surface area contributed by atoms with Gasteiger partial charge in [-0.05, 0) is 72.9 Å². The fraction of sp³-hybridized carbons (Fsp3) is 0.115. The van der Waals surface area contributed by atoms with Crippen molar-refractivity contribution in [1.29, 1.82) is 0 Å². The Morgan fingerprint density at radius 1 is 1.06 bits per heavy atom. The Bertz CT molecular complexity index is 1320. The molecule has 1 aliphatic heterocycles. The summed E-state index contributed by atoms with van der Waals surface area (Å²) in [4.78, 5) is 18.4. The lowest BCUT2D eigenvalue weighted by Crippen LogP contribution is -2.29. The summed E-state index contributed by atoms with van der Waals surface area (Å²) in [5, 5.41) is 4.03. The number of methoxy groups -OCH3 is 1. The largest absolute Gasteiger partial charge is 0.465 e. The number of anilines is 1. The molecule has 0 spiro atoms. The van der Waals surface area contributed by atoms with E-state index in [1.165, 1.54) is 7.11 Å². The molecule has 0 amide bonds. The van der Waals surface area contributed by atoms with Crippen molar-refractivity contribution in [1.82, 2.24) is 10.3 Å². The maximum atomic E-state index is 11.8. The lowest BCUT2D eigenvalue weighted by molar-refractivity contribution is 0.0600. The normalized spacial score (nSPS) is 17.5. The van der Waals surface area contributed by atoms with Crippen LogP contribution in [-0.2, 0) is 4.74 Å². The second kappa shape index (κ2) is 9.40. The summed E-state index contributed by atoms with van der Waals surface area (Å²) in [6, 6.07) is 24.4. The molecule has 0 bridgehead atoms. The minimum atomic E-state index is -0.374. The van der Waals surface area contributed by atoms with Crippen LogP contribution < -0.4 is 10.2 Å². The van der Waals surface area contributed by atoms with Gasteiger partial charge < -0.3 is 19.4 Å². The zero-order chi connectivity index (χ0) is 23.7. The average molecular weight is 534 g/mol. The highest BCUT2D eigenvalue weighted by molar-refractivity contribution is 9.10. The van der Waals surface area contributed by atoms with Gasteiger partial charge in [0.25, 0.3) is 0 Å². The minimum absolute atomic E-state index is 0.196. The second-order valence-corrected chi connectivity index (χ2v) is 9.05. The molecule has 1 aliphatic rings.